The monoisotopic (exact) mass is 358 g/mol. The number of allylic oxidation sites excluding steroid dienone is 1. The van der Waals surface area contributed by atoms with Crippen LogP contribution >= 0.6 is 11.6 Å². The normalized spacial score (nSPS) is 20.8. The molecule has 24 heavy (non-hydrogen) atoms. The van der Waals surface area contributed by atoms with E-state index >= 15 is 0 Å². The van der Waals surface area contributed by atoms with Crippen LogP contribution in [-0.2, 0) is 0 Å². The van der Waals surface area contributed by atoms with Gasteiger partial charge in [0.2, 0.25) is 0 Å². The van der Waals surface area contributed by atoms with Crippen LogP contribution in [0.5, 0.6) is 0 Å². The lowest BCUT2D eigenvalue weighted by Gasteiger charge is -2.28. The Morgan fingerprint density at radius 3 is 2.67 bits per heavy atom. The molecule has 0 radical (unpaired) electrons. The minimum Gasteiger partial charge on any atom is -0.390 e. The molecule has 2 N–H and O–H groups in total. The maximum atomic E-state index is 13.5. The number of aliphatic hydroxyl groups is 1. The number of β-amino-alcohol motifs (C(OH)–C–C–N with tert-alkyl or cyclic N) is 1. The van der Waals surface area contributed by atoms with Crippen LogP contribution in [-0.4, -0.2) is 35.9 Å². The maximum Gasteiger partial charge on any atom is 0.417 e. The summed E-state index contributed by atoms with van der Waals surface area (Å²) in [4.78, 5) is 1.91. The SMILES string of the molecule is CC1=c2c(ccc3c2=C(C(F)(F)F)C=CN3)N(CC(O)CCl)C1C. The molecule has 0 aliphatic carbocycles. The van der Waals surface area contributed by atoms with Crippen molar-refractivity contribution in [3.63, 3.8) is 0 Å². The van der Waals surface area contributed by atoms with E-state index in [4.69, 9.17) is 11.6 Å². The summed E-state index contributed by atoms with van der Waals surface area (Å²) >= 11 is 5.68. The highest BCUT2D eigenvalue weighted by Gasteiger charge is 2.36. The number of alkyl halides is 4. The van der Waals surface area contributed by atoms with Crippen LogP contribution in [0.2, 0.25) is 0 Å². The van der Waals surface area contributed by atoms with Crippen molar-refractivity contribution in [2.45, 2.75) is 32.2 Å². The highest BCUT2D eigenvalue weighted by molar-refractivity contribution is 6.18. The van der Waals surface area contributed by atoms with Crippen LogP contribution in [0, 0.1) is 0 Å². The van der Waals surface area contributed by atoms with E-state index in [0.29, 0.717) is 16.6 Å². The molecule has 0 fully saturated rings. The zero-order valence-electron chi connectivity index (χ0n) is 13.3. The quantitative estimate of drug-likeness (QED) is 0.814. The molecule has 2 atom stereocenters. The van der Waals surface area contributed by atoms with Gasteiger partial charge in [0.25, 0.3) is 0 Å². The molecule has 130 valence electrons. The van der Waals surface area contributed by atoms with E-state index in [1.165, 1.54) is 6.20 Å². The highest BCUT2D eigenvalue weighted by atomic mass is 35.5. The summed E-state index contributed by atoms with van der Waals surface area (Å²) < 4.78 is 40.4. The summed E-state index contributed by atoms with van der Waals surface area (Å²) in [5, 5.41) is 13.5. The van der Waals surface area contributed by atoms with Crippen LogP contribution < -0.4 is 20.7 Å². The number of rotatable bonds is 3. The Kier molecular flexibility index (Phi) is 4.30. The summed E-state index contributed by atoms with van der Waals surface area (Å²) in [6, 6.07) is 3.33. The molecule has 2 unspecified atom stereocenters. The van der Waals surface area contributed by atoms with Crippen molar-refractivity contribution in [3.8, 4) is 0 Å². The Morgan fingerprint density at radius 1 is 1.33 bits per heavy atom. The van der Waals surface area contributed by atoms with Crippen LogP contribution in [0.4, 0.5) is 24.5 Å². The smallest absolute Gasteiger partial charge is 0.390 e. The lowest BCUT2D eigenvalue weighted by molar-refractivity contribution is -0.0690. The topological polar surface area (TPSA) is 35.5 Å². The van der Waals surface area contributed by atoms with Crippen LogP contribution in [0.1, 0.15) is 13.8 Å². The van der Waals surface area contributed by atoms with Crippen LogP contribution in [0.3, 0.4) is 0 Å². The Labute approximate surface area is 142 Å². The standard InChI is InChI=1S/C17H18ClF3N2O/c1-9-10(2)23(8-11(24)7-18)14-4-3-13-16(15(9)14)12(5-6-22-13)17(19,20)21/h3-6,10-11,22,24H,7-8H2,1-2H3. The van der Waals surface area contributed by atoms with Crippen molar-refractivity contribution >= 4 is 34.1 Å². The fourth-order valence-corrected chi connectivity index (χ4v) is 3.45. The lowest BCUT2D eigenvalue weighted by atomic mass is 10.0. The molecular formula is C17H18ClF3N2O. The summed E-state index contributed by atoms with van der Waals surface area (Å²) in [6.07, 6.45) is -2.81. The number of fused-ring (bicyclic) bond motifs is 3. The van der Waals surface area contributed by atoms with Gasteiger partial charge in [0, 0.05) is 40.6 Å². The van der Waals surface area contributed by atoms with Gasteiger partial charge in [-0.1, -0.05) is 0 Å². The maximum absolute atomic E-state index is 13.5. The van der Waals surface area contributed by atoms with Crippen molar-refractivity contribution in [2.75, 3.05) is 22.6 Å². The lowest BCUT2D eigenvalue weighted by Crippen LogP contribution is -2.39. The summed E-state index contributed by atoms with van der Waals surface area (Å²) in [5.74, 6) is 0.0762. The van der Waals surface area contributed by atoms with E-state index in [9.17, 15) is 18.3 Å². The van der Waals surface area contributed by atoms with Gasteiger partial charge in [-0.25, -0.2) is 0 Å². The zero-order chi connectivity index (χ0) is 17.6. The van der Waals surface area contributed by atoms with Gasteiger partial charge in [0.1, 0.15) is 0 Å². The minimum absolute atomic E-state index is 0.0762. The number of hydrogen-bond acceptors (Lipinski definition) is 3. The van der Waals surface area contributed by atoms with Gasteiger partial charge in [-0.2, -0.15) is 13.2 Å². The number of anilines is 2. The van der Waals surface area contributed by atoms with E-state index < -0.39 is 17.9 Å². The number of benzene rings is 1. The summed E-state index contributed by atoms with van der Waals surface area (Å²) in [5.41, 5.74) is 1.33. The molecule has 2 aliphatic rings. The Hall–Kier alpha value is -1.66. The van der Waals surface area contributed by atoms with Crippen molar-refractivity contribution in [1.29, 1.82) is 0 Å². The second kappa shape index (κ2) is 6.01. The largest absolute Gasteiger partial charge is 0.417 e. The third-order valence-electron chi connectivity index (χ3n) is 4.63. The number of nitrogens with one attached hydrogen (secondary N) is 1. The molecular weight excluding hydrogens is 341 g/mol. The second-order valence-electron chi connectivity index (χ2n) is 6.09. The molecule has 3 nitrogen and oxygen atoms in total. The van der Waals surface area contributed by atoms with E-state index in [-0.39, 0.29) is 23.7 Å². The van der Waals surface area contributed by atoms with Crippen molar-refractivity contribution < 1.29 is 18.3 Å². The van der Waals surface area contributed by atoms with E-state index in [1.807, 2.05) is 18.7 Å². The van der Waals surface area contributed by atoms with E-state index in [2.05, 4.69) is 5.32 Å². The summed E-state index contributed by atoms with van der Waals surface area (Å²) in [7, 11) is 0. The third kappa shape index (κ3) is 2.67. The molecule has 1 aromatic carbocycles. The Morgan fingerprint density at radius 2 is 2.04 bits per heavy atom. The third-order valence-corrected chi connectivity index (χ3v) is 4.99. The van der Waals surface area contributed by atoms with Gasteiger partial charge >= 0.3 is 6.18 Å². The average Bonchev–Trinajstić information content (AvgIpc) is 2.78. The zero-order valence-corrected chi connectivity index (χ0v) is 14.0. The number of aliphatic hydroxyl groups excluding tert-OH is 1. The average molecular weight is 359 g/mol. The number of hydrogen-bond donors (Lipinski definition) is 2. The fraction of sp³-hybridized carbons (Fsp3) is 0.412. The number of nitrogens with zero attached hydrogens (tertiary/aromatic N) is 1. The predicted octanol–water partition coefficient (Wildman–Crippen LogP) is 2.32. The van der Waals surface area contributed by atoms with Gasteiger partial charge in [0.15, 0.2) is 0 Å². The molecule has 0 bridgehead atoms. The van der Waals surface area contributed by atoms with Gasteiger partial charge < -0.3 is 15.3 Å². The summed E-state index contributed by atoms with van der Waals surface area (Å²) in [6.45, 7) is 4.03. The molecule has 0 spiro atoms. The van der Waals surface area contributed by atoms with Crippen molar-refractivity contribution in [1.82, 2.24) is 0 Å². The first-order valence-corrected chi connectivity index (χ1v) is 8.18. The molecule has 0 saturated carbocycles. The van der Waals surface area contributed by atoms with Crippen LogP contribution in [0.15, 0.2) is 24.4 Å². The predicted molar refractivity (Wildman–Crippen MR) is 90.5 cm³/mol. The molecule has 1 aromatic rings. The molecule has 0 saturated heterocycles. The van der Waals surface area contributed by atoms with Gasteiger partial charge in [-0.15, -0.1) is 11.6 Å². The molecule has 2 heterocycles. The molecule has 0 aromatic heterocycles. The first-order valence-electron chi connectivity index (χ1n) is 7.64. The number of halogens is 4. The van der Waals surface area contributed by atoms with Gasteiger partial charge in [0.05, 0.1) is 17.6 Å². The van der Waals surface area contributed by atoms with Gasteiger partial charge in [-0.05, 0) is 37.6 Å². The van der Waals surface area contributed by atoms with Crippen molar-refractivity contribution in [2.24, 2.45) is 0 Å². The fourth-order valence-electron chi connectivity index (χ4n) is 3.35. The Bertz CT molecular complexity index is 816. The highest BCUT2D eigenvalue weighted by Crippen LogP contribution is 2.31. The first-order chi connectivity index (χ1) is 11.3. The van der Waals surface area contributed by atoms with E-state index in [1.54, 1.807) is 12.1 Å². The molecule has 3 rings (SSSR count). The molecule has 0 amide bonds. The Balaban J connectivity index is 2.31. The first kappa shape index (κ1) is 17.2. The van der Waals surface area contributed by atoms with Crippen molar-refractivity contribution in [3.05, 3.63) is 34.8 Å². The van der Waals surface area contributed by atoms with Gasteiger partial charge in [-0.3, -0.25) is 0 Å². The van der Waals surface area contributed by atoms with Crippen LogP contribution in [0.25, 0.3) is 11.1 Å². The molecule has 2 aliphatic heterocycles. The minimum atomic E-state index is -4.44. The van der Waals surface area contributed by atoms with E-state index in [0.717, 1.165) is 11.6 Å². The molecule has 7 heteroatoms. The second-order valence-corrected chi connectivity index (χ2v) is 6.40.